The van der Waals surface area contributed by atoms with Gasteiger partial charge >= 0.3 is 0 Å². The van der Waals surface area contributed by atoms with Crippen LogP contribution in [0.25, 0.3) is 10.4 Å². The van der Waals surface area contributed by atoms with Gasteiger partial charge in [0.25, 0.3) is 0 Å². The number of carbonyl (C=O) groups is 2. The van der Waals surface area contributed by atoms with Crippen LogP contribution in [0.5, 0.6) is 5.75 Å². The van der Waals surface area contributed by atoms with E-state index in [-0.39, 0.29) is 11.9 Å². The summed E-state index contributed by atoms with van der Waals surface area (Å²) in [4.78, 5) is 23.5. The maximum atomic E-state index is 11.4. The second-order valence-electron chi connectivity index (χ2n) is 6.62. The largest absolute Gasteiger partial charge is 0.486 e. The molecule has 1 aliphatic rings. The molecule has 0 bridgehead atoms. The molecule has 1 aromatic carbocycles. The van der Waals surface area contributed by atoms with Crippen LogP contribution in [-0.4, -0.2) is 36.8 Å². The normalized spacial score (nSPS) is 14.5. The van der Waals surface area contributed by atoms with Gasteiger partial charge in [-0.05, 0) is 61.9 Å². The predicted molar refractivity (Wildman–Crippen MR) is 127 cm³/mol. The SMILES string of the molecule is C/C=C/C(=N)/C=C\C=N.CC(=O)c1ccc(-c2cc(Cl)c3c(c2)CC(CNC=O)O3)s1. The van der Waals surface area contributed by atoms with Crippen LogP contribution in [0.3, 0.4) is 0 Å². The summed E-state index contributed by atoms with van der Waals surface area (Å²) < 4.78 is 5.77. The summed E-state index contributed by atoms with van der Waals surface area (Å²) in [6.07, 6.45) is 8.96. The van der Waals surface area contributed by atoms with E-state index in [9.17, 15) is 9.59 Å². The Morgan fingerprint density at radius 1 is 1.35 bits per heavy atom. The first-order valence-corrected chi connectivity index (χ1v) is 10.7. The summed E-state index contributed by atoms with van der Waals surface area (Å²) in [6, 6.07) is 7.65. The van der Waals surface area contributed by atoms with E-state index >= 15 is 0 Å². The van der Waals surface area contributed by atoms with Gasteiger partial charge in [0, 0.05) is 23.1 Å². The van der Waals surface area contributed by atoms with Gasteiger partial charge in [-0.1, -0.05) is 17.7 Å². The molecule has 0 saturated carbocycles. The van der Waals surface area contributed by atoms with Gasteiger partial charge in [0.05, 0.1) is 22.2 Å². The fourth-order valence-electron chi connectivity index (χ4n) is 2.89. The van der Waals surface area contributed by atoms with E-state index < -0.39 is 0 Å². The zero-order valence-corrected chi connectivity index (χ0v) is 18.8. The highest BCUT2D eigenvalue weighted by molar-refractivity contribution is 7.17. The third-order valence-electron chi connectivity index (χ3n) is 4.24. The number of fused-ring (bicyclic) bond motifs is 1. The monoisotopic (exact) mass is 457 g/mol. The molecule has 2 aromatic rings. The first kappa shape index (κ1) is 24.2. The lowest BCUT2D eigenvalue weighted by molar-refractivity contribution is -0.109. The zero-order valence-electron chi connectivity index (χ0n) is 17.3. The Balaban J connectivity index is 0.000000323. The molecule has 162 valence electrons. The smallest absolute Gasteiger partial charge is 0.207 e. The average molecular weight is 458 g/mol. The molecular formula is C23H24ClN3O3S. The van der Waals surface area contributed by atoms with Gasteiger partial charge in [0.15, 0.2) is 5.78 Å². The van der Waals surface area contributed by atoms with E-state index in [2.05, 4.69) is 5.32 Å². The summed E-state index contributed by atoms with van der Waals surface area (Å²) in [6.45, 7) is 3.87. The standard InChI is InChI=1S/C16H14ClNO3S.C7H10N2/c1-9(20)14-2-3-15(22-14)10-4-11-5-12(7-18-8-19)21-16(11)13(17)6-10;1-2-4-7(9)5-3-6-8/h2-4,6,8,12H,5,7H2,1H3,(H,18,19);2-6,8-9H,1H3/b;4-2+,5-3-,8-6?,9-7?. The van der Waals surface area contributed by atoms with Gasteiger partial charge < -0.3 is 20.9 Å². The lowest BCUT2D eigenvalue weighted by Crippen LogP contribution is -2.29. The number of halogens is 1. The Morgan fingerprint density at radius 3 is 2.74 bits per heavy atom. The maximum Gasteiger partial charge on any atom is 0.207 e. The van der Waals surface area contributed by atoms with Gasteiger partial charge in [-0.3, -0.25) is 9.59 Å². The quantitative estimate of drug-likeness (QED) is 0.291. The Kier molecular flexibility index (Phi) is 9.37. The van der Waals surface area contributed by atoms with Crippen molar-refractivity contribution in [2.75, 3.05) is 6.54 Å². The van der Waals surface area contributed by atoms with Crippen LogP contribution in [0.1, 0.15) is 29.1 Å². The Labute approximate surface area is 190 Å². The molecule has 1 aliphatic heterocycles. The fourth-order valence-corrected chi connectivity index (χ4v) is 4.06. The maximum absolute atomic E-state index is 11.4. The van der Waals surface area contributed by atoms with Crippen molar-refractivity contribution in [2.24, 2.45) is 0 Å². The molecule has 1 aromatic heterocycles. The van der Waals surface area contributed by atoms with E-state index in [4.69, 9.17) is 27.2 Å². The summed E-state index contributed by atoms with van der Waals surface area (Å²) in [5.74, 6) is 0.748. The average Bonchev–Trinajstić information content (AvgIpc) is 3.39. The van der Waals surface area contributed by atoms with Gasteiger partial charge in [-0.15, -0.1) is 11.3 Å². The lowest BCUT2D eigenvalue weighted by Gasteiger charge is -2.09. The van der Waals surface area contributed by atoms with E-state index in [1.165, 1.54) is 17.4 Å². The van der Waals surface area contributed by atoms with Crippen molar-refractivity contribution >= 4 is 47.1 Å². The van der Waals surface area contributed by atoms with Crippen LogP contribution < -0.4 is 10.1 Å². The minimum Gasteiger partial charge on any atom is -0.486 e. The van der Waals surface area contributed by atoms with E-state index in [0.29, 0.717) is 35.9 Å². The van der Waals surface area contributed by atoms with Crippen LogP contribution >= 0.6 is 22.9 Å². The van der Waals surface area contributed by atoms with Gasteiger partial charge in [0.2, 0.25) is 6.41 Å². The van der Waals surface area contributed by atoms with E-state index in [1.807, 2.05) is 31.2 Å². The molecule has 1 amide bonds. The van der Waals surface area contributed by atoms with E-state index in [1.54, 1.807) is 25.2 Å². The first-order valence-electron chi connectivity index (χ1n) is 9.55. The number of nitrogens with one attached hydrogen (secondary N) is 3. The molecule has 0 spiro atoms. The molecule has 8 heteroatoms. The molecule has 0 radical (unpaired) electrons. The molecule has 3 rings (SSSR count). The van der Waals surface area contributed by atoms with Gasteiger partial charge in [0.1, 0.15) is 11.9 Å². The van der Waals surface area contributed by atoms with Crippen LogP contribution in [0.2, 0.25) is 5.02 Å². The number of ether oxygens (including phenoxy) is 1. The number of amides is 1. The van der Waals surface area contributed by atoms with Gasteiger partial charge in [-0.25, -0.2) is 0 Å². The highest BCUT2D eigenvalue weighted by Crippen LogP contribution is 2.41. The molecule has 1 unspecified atom stereocenters. The Morgan fingerprint density at radius 2 is 2.13 bits per heavy atom. The van der Waals surface area contributed by atoms with Crippen LogP contribution in [-0.2, 0) is 11.2 Å². The fraction of sp³-hybridized carbons (Fsp3) is 0.217. The summed E-state index contributed by atoms with van der Waals surface area (Å²) >= 11 is 7.77. The molecule has 0 fully saturated rings. The topological polar surface area (TPSA) is 103 Å². The molecule has 0 saturated heterocycles. The molecule has 3 N–H and O–H groups in total. The Bertz CT molecular complexity index is 1030. The number of benzene rings is 1. The van der Waals surface area contributed by atoms with Crippen molar-refractivity contribution in [3.63, 3.8) is 0 Å². The van der Waals surface area contributed by atoms with Crippen LogP contribution in [0.15, 0.2) is 48.6 Å². The highest BCUT2D eigenvalue weighted by atomic mass is 35.5. The van der Waals surface area contributed by atoms with Crippen molar-refractivity contribution < 1.29 is 14.3 Å². The number of hydrogen-bond acceptors (Lipinski definition) is 6. The molecule has 2 heterocycles. The highest BCUT2D eigenvalue weighted by Gasteiger charge is 2.26. The second-order valence-corrected chi connectivity index (χ2v) is 8.11. The lowest BCUT2D eigenvalue weighted by atomic mass is 10.1. The first-order chi connectivity index (χ1) is 14.9. The number of rotatable bonds is 8. The number of hydrogen-bond donors (Lipinski definition) is 3. The number of carbonyl (C=O) groups excluding carboxylic acids is 2. The zero-order chi connectivity index (χ0) is 22.8. The van der Waals surface area contributed by atoms with Crippen molar-refractivity contribution in [1.29, 1.82) is 10.8 Å². The Hall–Kier alpha value is -3.03. The van der Waals surface area contributed by atoms with Crippen LogP contribution in [0.4, 0.5) is 0 Å². The molecular weight excluding hydrogens is 434 g/mol. The molecule has 6 nitrogen and oxygen atoms in total. The van der Waals surface area contributed by atoms with Crippen molar-refractivity contribution in [1.82, 2.24) is 5.32 Å². The minimum absolute atomic E-state index is 0.0619. The van der Waals surface area contributed by atoms with Crippen molar-refractivity contribution in [2.45, 2.75) is 26.4 Å². The van der Waals surface area contributed by atoms with Crippen LogP contribution in [0, 0.1) is 10.8 Å². The predicted octanol–water partition coefficient (Wildman–Crippen LogP) is 5.11. The third-order valence-corrected chi connectivity index (χ3v) is 5.75. The van der Waals surface area contributed by atoms with E-state index in [0.717, 1.165) is 27.1 Å². The minimum atomic E-state index is -0.0935. The van der Waals surface area contributed by atoms with Crippen molar-refractivity contribution in [3.8, 4) is 16.2 Å². The van der Waals surface area contributed by atoms with Crippen molar-refractivity contribution in [3.05, 3.63) is 64.0 Å². The molecule has 31 heavy (non-hydrogen) atoms. The molecule has 0 aliphatic carbocycles. The van der Waals surface area contributed by atoms with Gasteiger partial charge in [-0.2, -0.15) is 0 Å². The third kappa shape index (κ3) is 7.01. The number of ketones is 1. The second kappa shape index (κ2) is 12.0. The number of thiophene rings is 1. The number of allylic oxidation sites excluding steroid dienone is 4. The summed E-state index contributed by atoms with van der Waals surface area (Å²) in [7, 11) is 0. The summed E-state index contributed by atoms with van der Waals surface area (Å²) in [5.41, 5.74) is 2.42. The molecule has 1 atom stereocenters. The summed E-state index contributed by atoms with van der Waals surface area (Å²) in [5, 5.41) is 16.9. The number of Topliss-reactive ketones (excluding diaryl/α,β-unsaturated/α-hetero) is 1.